The molecule has 0 amide bonds. The lowest BCUT2D eigenvalue weighted by Crippen LogP contribution is -2.33. The molecule has 1 heterocycles. The lowest BCUT2D eigenvalue weighted by molar-refractivity contribution is 0.266. The second-order valence-electron chi connectivity index (χ2n) is 4.45. The standard InChI is InChI=1S/C13H19N5/c14-13(15)17-16-12-6-8-18(9-7-12)10-11-4-2-1-3-5-11/h1-5H,6-10H2,(H4,14,15,17). The Hall–Kier alpha value is -1.88. The molecule has 4 N–H and O–H groups in total. The molecule has 2 rings (SSSR count). The zero-order valence-electron chi connectivity index (χ0n) is 10.4. The van der Waals surface area contributed by atoms with Crippen molar-refractivity contribution in [2.24, 2.45) is 21.7 Å². The second-order valence-corrected chi connectivity index (χ2v) is 4.45. The molecule has 1 fully saturated rings. The quantitative estimate of drug-likeness (QED) is 0.472. The highest BCUT2D eigenvalue weighted by molar-refractivity contribution is 5.86. The van der Waals surface area contributed by atoms with Gasteiger partial charge in [0.15, 0.2) is 0 Å². The number of hydrogen-bond acceptors (Lipinski definition) is 3. The molecule has 96 valence electrons. The number of nitrogens with two attached hydrogens (primary N) is 2. The van der Waals surface area contributed by atoms with Gasteiger partial charge < -0.3 is 11.5 Å². The van der Waals surface area contributed by atoms with Crippen molar-refractivity contribution in [3.63, 3.8) is 0 Å². The van der Waals surface area contributed by atoms with E-state index in [1.54, 1.807) is 0 Å². The minimum atomic E-state index is 0.0224. The van der Waals surface area contributed by atoms with E-state index in [0.29, 0.717) is 0 Å². The fraction of sp³-hybridized carbons (Fsp3) is 0.385. The number of rotatable bonds is 3. The first kappa shape index (κ1) is 12.6. The Morgan fingerprint density at radius 2 is 1.78 bits per heavy atom. The molecular weight excluding hydrogens is 226 g/mol. The average molecular weight is 245 g/mol. The Morgan fingerprint density at radius 3 is 2.39 bits per heavy atom. The summed E-state index contributed by atoms with van der Waals surface area (Å²) in [5, 5.41) is 7.75. The molecular formula is C13H19N5. The monoisotopic (exact) mass is 245 g/mol. The summed E-state index contributed by atoms with van der Waals surface area (Å²) in [4.78, 5) is 2.42. The predicted molar refractivity (Wildman–Crippen MR) is 74.2 cm³/mol. The Balaban J connectivity index is 1.84. The molecule has 0 atom stereocenters. The molecule has 0 aromatic heterocycles. The molecule has 1 aliphatic rings. The maximum atomic E-state index is 5.25. The predicted octanol–water partition coefficient (Wildman–Crippen LogP) is 0.912. The fourth-order valence-electron chi connectivity index (χ4n) is 2.04. The van der Waals surface area contributed by atoms with Gasteiger partial charge in [0, 0.05) is 38.2 Å². The lowest BCUT2D eigenvalue weighted by atomic mass is 10.1. The number of nitrogens with zero attached hydrogens (tertiary/aromatic N) is 3. The van der Waals surface area contributed by atoms with Gasteiger partial charge in [-0.25, -0.2) is 0 Å². The van der Waals surface area contributed by atoms with E-state index in [1.807, 2.05) is 6.07 Å². The molecule has 1 aliphatic heterocycles. The summed E-state index contributed by atoms with van der Waals surface area (Å²) in [6.45, 7) is 3.01. The Morgan fingerprint density at radius 1 is 1.11 bits per heavy atom. The van der Waals surface area contributed by atoms with Gasteiger partial charge >= 0.3 is 0 Å². The molecule has 5 heteroatoms. The molecule has 0 saturated carbocycles. The van der Waals surface area contributed by atoms with Gasteiger partial charge in [0.25, 0.3) is 0 Å². The third-order valence-electron chi connectivity index (χ3n) is 2.99. The topological polar surface area (TPSA) is 80.0 Å². The van der Waals surface area contributed by atoms with Crippen molar-refractivity contribution in [1.29, 1.82) is 0 Å². The van der Waals surface area contributed by atoms with E-state index in [0.717, 1.165) is 38.2 Å². The second kappa shape index (κ2) is 6.16. The van der Waals surface area contributed by atoms with Crippen molar-refractivity contribution in [2.45, 2.75) is 19.4 Å². The summed E-state index contributed by atoms with van der Waals surface area (Å²) in [5.41, 5.74) is 12.9. The third-order valence-corrected chi connectivity index (χ3v) is 2.99. The summed E-state index contributed by atoms with van der Waals surface area (Å²) in [5.74, 6) is 0.0224. The van der Waals surface area contributed by atoms with Crippen LogP contribution >= 0.6 is 0 Å². The number of likely N-dealkylation sites (tertiary alicyclic amines) is 1. The van der Waals surface area contributed by atoms with Crippen LogP contribution in [0.2, 0.25) is 0 Å². The van der Waals surface area contributed by atoms with Crippen molar-refractivity contribution in [3.8, 4) is 0 Å². The van der Waals surface area contributed by atoms with Crippen LogP contribution in [-0.4, -0.2) is 29.7 Å². The molecule has 1 aromatic carbocycles. The molecule has 18 heavy (non-hydrogen) atoms. The van der Waals surface area contributed by atoms with E-state index in [4.69, 9.17) is 11.5 Å². The summed E-state index contributed by atoms with van der Waals surface area (Å²) >= 11 is 0. The van der Waals surface area contributed by atoms with Crippen molar-refractivity contribution >= 4 is 11.7 Å². The summed E-state index contributed by atoms with van der Waals surface area (Å²) in [7, 11) is 0. The van der Waals surface area contributed by atoms with E-state index < -0.39 is 0 Å². The van der Waals surface area contributed by atoms with Crippen molar-refractivity contribution in [3.05, 3.63) is 35.9 Å². The van der Waals surface area contributed by atoms with Crippen LogP contribution in [0.15, 0.2) is 40.5 Å². The molecule has 0 unspecified atom stereocenters. The molecule has 1 aromatic rings. The SMILES string of the molecule is NC(N)=NN=C1CCN(Cc2ccccc2)CC1. The van der Waals surface area contributed by atoms with Crippen LogP contribution < -0.4 is 11.5 Å². The maximum Gasteiger partial charge on any atom is 0.211 e. The van der Waals surface area contributed by atoms with Crippen LogP contribution in [-0.2, 0) is 6.54 Å². The van der Waals surface area contributed by atoms with Gasteiger partial charge in [0.2, 0.25) is 5.96 Å². The van der Waals surface area contributed by atoms with E-state index in [-0.39, 0.29) is 5.96 Å². The molecule has 1 saturated heterocycles. The van der Waals surface area contributed by atoms with Crippen LogP contribution in [0.1, 0.15) is 18.4 Å². The normalized spacial score (nSPS) is 16.3. The van der Waals surface area contributed by atoms with Crippen LogP contribution in [0.5, 0.6) is 0 Å². The number of hydrogen-bond donors (Lipinski definition) is 2. The molecule has 0 aliphatic carbocycles. The molecule has 0 spiro atoms. The molecule has 0 bridgehead atoms. The van der Waals surface area contributed by atoms with Gasteiger partial charge in [-0.05, 0) is 5.56 Å². The lowest BCUT2D eigenvalue weighted by Gasteiger charge is -2.27. The van der Waals surface area contributed by atoms with Gasteiger partial charge in [-0.3, -0.25) is 4.90 Å². The average Bonchev–Trinajstić information content (AvgIpc) is 2.39. The summed E-state index contributed by atoms with van der Waals surface area (Å²) in [6.07, 6.45) is 1.87. The maximum absolute atomic E-state index is 5.25. The van der Waals surface area contributed by atoms with Crippen LogP contribution in [0.4, 0.5) is 0 Å². The number of benzene rings is 1. The largest absolute Gasteiger partial charge is 0.369 e. The first-order chi connectivity index (χ1) is 8.74. The molecule has 0 radical (unpaired) electrons. The van der Waals surface area contributed by atoms with Gasteiger partial charge in [0.05, 0.1) is 0 Å². The van der Waals surface area contributed by atoms with E-state index in [9.17, 15) is 0 Å². The van der Waals surface area contributed by atoms with Crippen LogP contribution in [0.25, 0.3) is 0 Å². The van der Waals surface area contributed by atoms with E-state index in [1.165, 1.54) is 5.56 Å². The minimum absolute atomic E-state index is 0.0224. The highest BCUT2D eigenvalue weighted by atomic mass is 15.3. The third kappa shape index (κ3) is 3.85. The Labute approximate surface area is 107 Å². The highest BCUT2D eigenvalue weighted by Gasteiger charge is 2.14. The van der Waals surface area contributed by atoms with Gasteiger partial charge in [-0.1, -0.05) is 30.3 Å². The first-order valence-corrected chi connectivity index (χ1v) is 6.14. The van der Waals surface area contributed by atoms with Gasteiger partial charge in [-0.15, -0.1) is 5.10 Å². The van der Waals surface area contributed by atoms with Crippen molar-refractivity contribution in [1.82, 2.24) is 4.90 Å². The summed E-state index contributed by atoms with van der Waals surface area (Å²) in [6, 6.07) is 10.5. The Bertz CT molecular complexity index is 424. The zero-order chi connectivity index (χ0) is 12.8. The molecule has 5 nitrogen and oxygen atoms in total. The fourth-order valence-corrected chi connectivity index (χ4v) is 2.04. The number of guanidine groups is 1. The zero-order valence-corrected chi connectivity index (χ0v) is 10.4. The number of piperidine rings is 1. The van der Waals surface area contributed by atoms with Gasteiger partial charge in [-0.2, -0.15) is 5.10 Å². The van der Waals surface area contributed by atoms with Crippen LogP contribution in [0, 0.1) is 0 Å². The smallest absolute Gasteiger partial charge is 0.211 e. The van der Waals surface area contributed by atoms with E-state index in [2.05, 4.69) is 39.4 Å². The van der Waals surface area contributed by atoms with E-state index >= 15 is 0 Å². The summed E-state index contributed by atoms with van der Waals surface area (Å²) < 4.78 is 0. The van der Waals surface area contributed by atoms with Crippen LogP contribution in [0.3, 0.4) is 0 Å². The van der Waals surface area contributed by atoms with Gasteiger partial charge in [0.1, 0.15) is 0 Å². The van der Waals surface area contributed by atoms with Crippen molar-refractivity contribution in [2.75, 3.05) is 13.1 Å². The Kier molecular flexibility index (Phi) is 4.30. The first-order valence-electron chi connectivity index (χ1n) is 6.14. The highest BCUT2D eigenvalue weighted by Crippen LogP contribution is 2.11. The van der Waals surface area contributed by atoms with Crippen molar-refractivity contribution < 1.29 is 0 Å². The minimum Gasteiger partial charge on any atom is -0.369 e.